The predicted molar refractivity (Wildman–Crippen MR) is 54.3 cm³/mol. The number of pyridine rings is 1. The summed E-state index contributed by atoms with van der Waals surface area (Å²) < 4.78 is 39.5. The van der Waals surface area contributed by atoms with Gasteiger partial charge >= 0.3 is 0 Å². The molecule has 1 rings (SSSR count). The van der Waals surface area contributed by atoms with Gasteiger partial charge in [-0.3, -0.25) is 0 Å². The van der Waals surface area contributed by atoms with Crippen LogP contribution in [0.25, 0.3) is 0 Å². The van der Waals surface area contributed by atoms with Crippen LogP contribution in [0.3, 0.4) is 0 Å². The Balaban J connectivity index is 2.84. The molecule has 0 aliphatic heterocycles. The standard InChI is InChI=1S/C8H10INO2/c1-11-4-5-12-8-3-2-7(9)6-10-8/h2-3,6H,4-5H2,1H3/i4D2,5D2. The van der Waals surface area contributed by atoms with Crippen molar-refractivity contribution in [1.82, 2.24) is 4.98 Å². The predicted octanol–water partition coefficient (Wildman–Crippen LogP) is 1.71. The summed E-state index contributed by atoms with van der Waals surface area (Å²) in [7, 11) is 1.07. The van der Waals surface area contributed by atoms with Gasteiger partial charge in [0.1, 0.15) is 6.56 Å². The minimum Gasteiger partial charge on any atom is -0.475 e. The van der Waals surface area contributed by atoms with Crippen molar-refractivity contribution in [2.45, 2.75) is 0 Å². The Hall–Kier alpha value is -0.360. The molecule has 0 bridgehead atoms. The SMILES string of the molecule is [2H]C([2H])(OC)C([2H])([2H])Oc1ccc(I)cn1. The average molecular weight is 283 g/mol. The zero-order valence-electron chi connectivity index (χ0n) is 10.4. The first-order valence-electron chi connectivity index (χ1n) is 5.14. The van der Waals surface area contributed by atoms with Crippen molar-refractivity contribution >= 4 is 22.6 Å². The van der Waals surface area contributed by atoms with Crippen LogP contribution in [-0.2, 0) is 4.74 Å². The van der Waals surface area contributed by atoms with Crippen molar-refractivity contribution in [1.29, 1.82) is 0 Å². The Kier molecular flexibility index (Phi) is 2.39. The second-order valence-corrected chi connectivity index (χ2v) is 3.07. The molecule has 1 aromatic rings. The van der Waals surface area contributed by atoms with E-state index in [0.29, 0.717) is 0 Å². The quantitative estimate of drug-likeness (QED) is 0.788. The molecule has 0 saturated carbocycles. The Morgan fingerprint density at radius 1 is 1.58 bits per heavy atom. The van der Waals surface area contributed by atoms with Crippen LogP contribution in [-0.4, -0.2) is 25.2 Å². The van der Waals surface area contributed by atoms with Gasteiger partial charge in [0.15, 0.2) is 0 Å². The van der Waals surface area contributed by atoms with E-state index in [1.165, 1.54) is 12.3 Å². The first-order valence-corrected chi connectivity index (χ1v) is 4.22. The van der Waals surface area contributed by atoms with Crippen LogP contribution in [0.1, 0.15) is 5.48 Å². The lowest BCUT2D eigenvalue weighted by atomic mass is 10.5. The van der Waals surface area contributed by atoms with Crippen LogP contribution in [0.15, 0.2) is 18.3 Å². The van der Waals surface area contributed by atoms with Crippen molar-refractivity contribution in [2.75, 3.05) is 20.2 Å². The van der Waals surface area contributed by atoms with E-state index in [2.05, 4.69) is 9.72 Å². The van der Waals surface area contributed by atoms with Gasteiger partial charge in [-0.05, 0) is 28.7 Å². The van der Waals surface area contributed by atoms with Gasteiger partial charge in [-0.25, -0.2) is 4.98 Å². The smallest absolute Gasteiger partial charge is 0.213 e. The highest BCUT2D eigenvalue weighted by atomic mass is 127. The monoisotopic (exact) mass is 283 g/mol. The van der Waals surface area contributed by atoms with Crippen LogP contribution in [0, 0.1) is 3.57 Å². The van der Waals surface area contributed by atoms with Crippen LogP contribution < -0.4 is 4.74 Å². The average Bonchev–Trinajstić information content (AvgIpc) is 2.21. The van der Waals surface area contributed by atoms with E-state index in [9.17, 15) is 0 Å². The molecule has 1 aromatic heterocycles. The first-order chi connectivity index (χ1) is 7.28. The summed E-state index contributed by atoms with van der Waals surface area (Å²) in [4.78, 5) is 3.82. The molecule has 0 N–H and O–H groups in total. The highest BCUT2D eigenvalue weighted by molar-refractivity contribution is 14.1. The molecule has 0 spiro atoms. The van der Waals surface area contributed by atoms with Gasteiger partial charge in [-0.1, -0.05) is 0 Å². The zero-order valence-corrected chi connectivity index (χ0v) is 8.53. The molecule has 0 aliphatic rings. The van der Waals surface area contributed by atoms with Crippen molar-refractivity contribution in [3.8, 4) is 5.88 Å². The minimum absolute atomic E-state index is 0.00587. The zero-order chi connectivity index (χ0) is 12.4. The lowest BCUT2D eigenvalue weighted by Gasteiger charge is -2.03. The normalized spacial score (nSPS) is 17.2. The molecule has 0 saturated heterocycles. The van der Waals surface area contributed by atoms with Crippen molar-refractivity contribution < 1.29 is 15.0 Å². The third kappa shape index (κ3) is 3.36. The molecular weight excluding hydrogens is 269 g/mol. The summed E-state index contributed by atoms with van der Waals surface area (Å²) >= 11 is 2.05. The maximum atomic E-state index is 7.42. The molecule has 0 aromatic carbocycles. The van der Waals surface area contributed by atoms with E-state index < -0.39 is 13.1 Å². The number of ether oxygens (including phenoxy) is 2. The molecule has 4 heteroatoms. The summed E-state index contributed by atoms with van der Waals surface area (Å²) in [6.45, 7) is -5.15. The Bertz CT molecular complexity index is 358. The fraction of sp³-hybridized carbons (Fsp3) is 0.375. The molecule has 66 valence electrons. The number of methoxy groups -OCH3 is 1. The van der Waals surface area contributed by atoms with E-state index in [1.54, 1.807) is 6.07 Å². The third-order valence-corrected chi connectivity index (χ3v) is 1.64. The van der Waals surface area contributed by atoms with Gasteiger partial charge < -0.3 is 9.47 Å². The molecule has 3 nitrogen and oxygen atoms in total. The highest BCUT2D eigenvalue weighted by Crippen LogP contribution is 2.08. The summed E-state index contributed by atoms with van der Waals surface area (Å²) in [5, 5.41) is 0. The Morgan fingerprint density at radius 3 is 3.00 bits per heavy atom. The number of halogens is 1. The van der Waals surface area contributed by atoms with Crippen molar-refractivity contribution in [2.24, 2.45) is 0 Å². The van der Waals surface area contributed by atoms with E-state index >= 15 is 0 Å². The fourth-order valence-corrected chi connectivity index (χ4v) is 0.856. The van der Waals surface area contributed by atoms with Crippen molar-refractivity contribution in [3.63, 3.8) is 0 Å². The maximum absolute atomic E-state index is 7.42. The van der Waals surface area contributed by atoms with Crippen LogP contribution in [0.2, 0.25) is 0 Å². The molecule has 0 amide bonds. The van der Waals surface area contributed by atoms with Gasteiger partial charge in [-0.15, -0.1) is 0 Å². The summed E-state index contributed by atoms with van der Waals surface area (Å²) in [6.07, 6.45) is 1.49. The molecule has 1 heterocycles. The van der Waals surface area contributed by atoms with Gasteiger partial charge in [-0.2, -0.15) is 0 Å². The van der Waals surface area contributed by atoms with E-state index in [-0.39, 0.29) is 5.88 Å². The van der Waals surface area contributed by atoms with E-state index in [4.69, 9.17) is 10.2 Å². The topological polar surface area (TPSA) is 31.4 Å². The number of nitrogens with zero attached hydrogens (tertiary/aromatic N) is 1. The molecule has 0 fully saturated rings. The lowest BCUT2D eigenvalue weighted by molar-refractivity contribution is 0.143. The maximum Gasteiger partial charge on any atom is 0.213 e. The minimum atomic E-state index is -2.61. The summed E-state index contributed by atoms with van der Waals surface area (Å²) in [6, 6.07) is 3.15. The summed E-state index contributed by atoms with van der Waals surface area (Å²) in [5.74, 6) is 0.00587. The first kappa shape index (κ1) is 5.39. The molecule has 0 radical (unpaired) electrons. The van der Waals surface area contributed by atoms with Gasteiger partial charge in [0.05, 0.1) is 12.0 Å². The molecule has 0 unspecified atom stereocenters. The number of rotatable bonds is 4. The second-order valence-electron chi connectivity index (χ2n) is 1.82. The molecule has 0 aliphatic carbocycles. The van der Waals surface area contributed by atoms with Gasteiger partial charge in [0, 0.05) is 22.9 Å². The van der Waals surface area contributed by atoms with E-state index in [1.807, 2.05) is 22.6 Å². The molecular formula is C8H10INO2. The number of hydrogen-bond donors (Lipinski definition) is 0. The third-order valence-electron chi connectivity index (χ3n) is 1.000. The Morgan fingerprint density at radius 2 is 2.42 bits per heavy atom. The number of hydrogen-bond acceptors (Lipinski definition) is 3. The fourth-order valence-electron chi connectivity index (χ4n) is 0.537. The largest absolute Gasteiger partial charge is 0.475 e. The number of aromatic nitrogens is 1. The van der Waals surface area contributed by atoms with Crippen molar-refractivity contribution in [3.05, 3.63) is 21.9 Å². The van der Waals surface area contributed by atoms with Gasteiger partial charge in [0.25, 0.3) is 0 Å². The Labute approximate surface area is 90.9 Å². The molecule has 0 atom stereocenters. The van der Waals surface area contributed by atoms with Crippen LogP contribution in [0.4, 0.5) is 0 Å². The highest BCUT2D eigenvalue weighted by Gasteiger charge is 1.93. The van der Waals surface area contributed by atoms with Crippen LogP contribution >= 0.6 is 22.6 Å². The summed E-state index contributed by atoms with van der Waals surface area (Å²) in [5.41, 5.74) is 0. The second kappa shape index (κ2) is 5.31. The van der Waals surface area contributed by atoms with Crippen LogP contribution in [0.5, 0.6) is 5.88 Å². The van der Waals surface area contributed by atoms with Gasteiger partial charge in [0.2, 0.25) is 5.88 Å². The lowest BCUT2D eigenvalue weighted by Crippen LogP contribution is -2.05. The molecule has 12 heavy (non-hydrogen) atoms. The van der Waals surface area contributed by atoms with E-state index in [0.717, 1.165) is 10.7 Å².